The lowest BCUT2D eigenvalue weighted by molar-refractivity contribution is 0.420. The lowest BCUT2D eigenvalue weighted by atomic mass is 10.4. The standard InChI is InChI=1S/C10H10N4O/c1-2-9-12-10(15-13-9)8-4-3-6-14(8)7-5-11/h3-4,6H,2,7H2,1H3. The van der Waals surface area contributed by atoms with Crippen molar-refractivity contribution in [3.63, 3.8) is 0 Å². The van der Waals surface area contributed by atoms with Gasteiger partial charge in [-0.25, -0.2) is 0 Å². The maximum atomic E-state index is 8.62. The molecule has 0 N–H and O–H groups in total. The molecule has 2 aromatic rings. The van der Waals surface area contributed by atoms with Gasteiger partial charge in [-0.15, -0.1) is 0 Å². The van der Waals surface area contributed by atoms with Crippen LogP contribution in [0.15, 0.2) is 22.9 Å². The van der Waals surface area contributed by atoms with Crippen molar-refractivity contribution < 1.29 is 4.52 Å². The number of hydrogen-bond donors (Lipinski definition) is 0. The van der Waals surface area contributed by atoms with Gasteiger partial charge in [-0.2, -0.15) is 10.2 Å². The molecule has 0 atom stereocenters. The van der Waals surface area contributed by atoms with Crippen molar-refractivity contribution in [1.29, 1.82) is 5.26 Å². The van der Waals surface area contributed by atoms with E-state index in [2.05, 4.69) is 16.2 Å². The fourth-order valence-electron chi connectivity index (χ4n) is 1.32. The molecule has 2 rings (SSSR count). The Balaban J connectivity index is 2.36. The van der Waals surface area contributed by atoms with Crippen LogP contribution in [-0.2, 0) is 13.0 Å². The maximum absolute atomic E-state index is 8.62. The van der Waals surface area contributed by atoms with Gasteiger partial charge in [0.2, 0.25) is 0 Å². The molecule has 0 aliphatic rings. The van der Waals surface area contributed by atoms with E-state index in [9.17, 15) is 0 Å². The lowest BCUT2D eigenvalue weighted by Gasteiger charge is -1.98. The third-order valence-corrected chi connectivity index (χ3v) is 2.07. The number of nitrogens with zero attached hydrogens (tertiary/aromatic N) is 4. The first-order valence-corrected chi connectivity index (χ1v) is 4.70. The van der Waals surface area contributed by atoms with Gasteiger partial charge < -0.3 is 9.09 Å². The summed E-state index contributed by atoms with van der Waals surface area (Å²) in [7, 11) is 0. The largest absolute Gasteiger partial charge is 0.332 e. The van der Waals surface area contributed by atoms with E-state index in [0.717, 1.165) is 12.1 Å². The molecule has 0 bridgehead atoms. The predicted octanol–water partition coefficient (Wildman–Crippen LogP) is 1.62. The van der Waals surface area contributed by atoms with Crippen LogP contribution >= 0.6 is 0 Å². The van der Waals surface area contributed by atoms with Crippen molar-refractivity contribution in [2.75, 3.05) is 0 Å². The molecule has 15 heavy (non-hydrogen) atoms. The second-order valence-corrected chi connectivity index (χ2v) is 3.05. The summed E-state index contributed by atoms with van der Waals surface area (Å²) in [6.45, 7) is 2.25. The Bertz CT molecular complexity index is 491. The smallest absolute Gasteiger partial charge is 0.274 e. The zero-order chi connectivity index (χ0) is 10.7. The minimum Gasteiger partial charge on any atom is -0.332 e. The van der Waals surface area contributed by atoms with Crippen LogP contribution in [-0.4, -0.2) is 14.7 Å². The molecule has 2 heterocycles. The van der Waals surface area contributed by atoms with Crippen LogP contribution in [0.2, 0.25) is 0 Å². The predicted molar refractivity (Wildman–Crippen MR) is 52.7 cm³/mol. The first-order chi connectivity index (χ1) is 7.35. The van der Waals surface area contributed by atoms with Gasteiger partial charge in [-0.05, 0) is 12.1 Å². The molecule has 2 aromatic heterocycles. The van der Waals surface area contributed by atoms with Crippen LogP contribution in [0.4, 0.5) is 0 Å². The van der Waals surface area contributed by atoms with Crippen LogP contribution in [0.5, 0.6) is 0 Å². The van der Waals surface area contributed by atoms with E-state index >= 15 is 0 Å². The van der Waals surface area contributed by atoms with Gasteiger partial charge in [-0.1, -0.05) is 12.1 Å². The minimum absolute atomic E-state index is 0.284. The fourth-order valence-corrected chi connectivity index (χ4v) is 1.32. The van der Waals surface area contributed by atoms with Gasteiger partial charge >= 0.3 is 0 Å². The van der Waals surface area contributed by atoms with Crippen LogP contribution in [0.1, 0.15) is 12.7 Å². The number of hydrogen-bond acceptors (Lipinski definition) is 4. The van der Waals surface area contributed by atoms with Crippen molar-refractivity contribution in [3.05, 3.63) is 24.2 Å². The average Bonchev–Trinajstić information content (AvgIpc) is 2.85. The Labute approximate surface area is 86.9 Å². The third-order valence-electron chi connectivity index (χ3n) is 2.07. The van der Waals surface area contributed by atoms with Crippen molar-refractivity contribution in [2.24, 2.45) is 0 Å². The van der Waals surface area contributed by atoms with Crippen LogP contribution < -0.4 is 0 Å². The van der Waals surface area contributed by atoms with Crippen molar-refractivity contribution in [2.45, 2.75) is 19.9 Å². The molecule has 0 saturated heterocycles. The number of aromatic nitrogens is 3. The summed E-state index contributed by atoms with van der Waals surface area (Å²) in [5, 5.41) is 12.4. The first kappa shape index (κ1) is 9.46. The summed E-state index contributed by atoms with van der Waals surface area (Å²) in [6.07, 6.45) is 2.55. The van der Waals surface area contributed by atoms with Crippen LogP contribution in [0.3, 0.4) is 0 Å². The monoisotopic (exact) mass is 202 g/mol. The highest BCUT2D eigenvalue weighted by atomic mass is 16.5. The number of nitriles is 1. The highest BCUT2D eigenvalue weighted by molar-refractivity contribution is 5.47. The molecule has 0 unspecified atom stereocenters. The molecule has 0 radical (unpaired) electrons. The highest BCUT2D eigenvalue weighted by Gasteiger charge is 2.11. The van der Waals surface area contributed by atoms with Gasteiger partial charge in [0.05, 0.1) is 6.07 Å². The fraction of sp³-hybridized carbons (Fsp3) is 0.300. The first-order valence-electron chi connectivity index (χ1n) is 4.70. The Morgan fingerprint density at radius 1 is 1.60 bits per heavy atom. The topological polar surface area (TPSA) is 67.6 Å². The lowest BCUT2D eigenvalue weighted by Crippen LogP contribution is -1.96. The Morgan fingerprint density at radius 3 is 3.13 bits per heavy atom. The van der Waals surface area contributed by atoms with Crippen LogP contribution in [0, 0.1) is 11.3 Å². The van der Waals surface area contributed by atoms with Gasteiger partial charge in [0, 0.05) is 12.6 Å². The maximum Gasteiger partial charge on any atom is 0.274 e. The Hall–Kier alpha value is -2.09. The summed E-state index contributed by atoms with van der Waals surface area (Å²) in [6, 6.07) is 5.78. The highest BCUT2D eigenvalue weighted by Crippen LogP contribution is 2.17. The van der Waals surface area contributed by atoms with Gasteiger partial charge in [0.25, 0.3) is 5.89 Å². The van der Waals surface area contributed by atoms with Crippen molar-refractivity contribution in [3.8, 4) is 17.7 Å². The summed E-state index contributed by atoms with van der Waals surface area (Å²) >= 11 is 0. The van der Waals surface area contributed by atoms with E-state index in [1.54, 1.807) is 4.57 Å². The quantitative estimate of drug-likeness (QED) is 0.758. The second-order valence-electron chi connectivity index (χ2n) is 3.05. The van der Waals surface area contributed by atoms with Gasteiger partial charge in [0.15, 0.2) is 5.82 Å². The Kier molecular flexibility index (Phi) is 2.50. The SMILES string of the molecule is CCc1noc(-c2cccn2CC#N)n1. The average molecular weight is 202 g/mol. The minimum atomic E-state index is 0.284. The van der Waals surface area contributed by atoms with E-state index in [4.69, 9.17) is 9.78 Å². The van der Waals surface area contributed by atoms with Gasteiger partial charge in [0.1, 0.15) is 12.2 Å². The third kappa shape index (κ3) is 1.74. The molecule has 5 heteroatoms. The van der Waals surface area contributed by atoms with Crippen molar-refractivity contribution in [1.82, 2.24) is 14.7 Å². The summed E-state index contributed by atoms with van der Waals surface area (Å²) in [5.74, 6) is 1.14. The van der Waals surface area contributed by atoms with E-state index in [1.165, 1.54) is 0 Å². The van der Waals surface area contributed by atoms with E-state index in [0.29, 0.717) is 11.7 Å². The number of aryl methyl sites for hydroxylation is 1. The molecule has 0 aliphatic heterocycles. The molecule has 0 fully saturated rings. The molecule has 0 aliphatic carbocycles. The number of rotatable bonds is 3. The summed E-state index contributed by atoms with van der Waals surface area (Å²) in [4.78, 5) is 4.21. The molecule has 0 spiro atoms. The van der Waals surface area contributed by atoms with E-state index < -0.39 is 0 Å². The second kappa shape index (κ2) is 3.96. The zero-order valence-corrected chi connectivity index (χ0v) is 8.34. The molecular formula is C10H10N4O. The normalized spacial score (nSPS) is 10.1. The van der Waals surface area contributed by atoms with Crippen molar-refractivity contribution >= 4 is 0 Å². The van der Waals surface area contributed by atoms with E-state index in [-0.39, 0.29) is 6.54 Å². The molecule has 0 saturated carbocycles. The molecule has 5 nitrogen and oxygen atoms in total. The summed E-state index contributed by atoms with van der Waals surface area (Å²) in [5.41, 5.74) is 0.781. The molecule has 0 aromatic carbocycles. The van der Waals surface area contributed by atoms with Crippen LogP contribution in [0.25, 0.3) is 11.6 Å². The molecular weight excluding hydrogens is 192 g/mol. The zero-order valence-electron chi connectivity index (χ0n) is 8.34. The summed E-state index contributed by atoms with van der Waals surface area (Å²) < 4.78 is 6.87. The Morgan fingerprint density at radius 2 is 2.47 bits per heavy atom. The van der Waals surface area contributed by atoms with Gasteiger partial charge in [-0.3, -0.25) is 0 Å². The molecule has 0 amide bonds. The van der Waals surface area contributed by atoms with E-state index in [1.807, 2.05) is 25.3 Å². The molecule has 76 valence electrons.